The zero-order valence-corrected chi connectivity index (χ0v) is 16.1. The topological polar surface area (TPSA) is 75.6 Å². The van der Waals surface area contributed by atoms with Crippen LogP contribution in [0.3, 0.4) is 0 Å². The molecule has 0 aliphatic heterocycles. The van der Waals surface area contributed by atoms with Crippen molar-refractivity contribution in [1.82, 2.24) is 19.9 Å². The van der Waals surface area contributed by atoms with E-state index in [0.717, 1.165) is 53.0 Å². The van der Waals surface area contributed by atoms with Gasteiger partial charge in [-0.25, -0.2) is 19.9 Å². The molecule has 0 amide bonds. The summed E-state index contributed by atoms with van der Waals surface area (Å²) >= 11 is 0. The highest BCUT2D eigenvalue weighted by molar-refractivity contribution is 5.89. The van der Waals surface area contributed by atoms with Crippen molar-refractivity contribution >= 4 is 58.3 Å². The molecule has 0 spiro atoms. The molecule has 0 unspecified atom stereocenters. The Balaban J connectivity index is 0.00000131. The molecule has 8 heteroatoms. The van der Waals surface area contributed by atoms with Crippen LogP contribution in [0.25, 0.3) is 21.8 Å². The van der Waals surface area contributed by atoms with Crippen LogP contribution in [0.4, 0.5) is 11.6 Å². The third-order valence-electron chi connectivity index (χ3n) is 4.02. The molecule has 0 saturated carbocycles. The van der Waals surface area contributed by atoms with E-state index in [4.69, 9.17) is 0 Å². The van der Waals surface area contributed by atoms with Gasteiger partial charge >= 0.3 is 0 Å². The van der Waals surface area contributed by atoms with Gasteiger partial charge in [0.1, 0.15) is 24.3 Å². The van der Waals surface area contributed by atoms with Crippen molar-refractivity contribution in [3.05, 3.63) is 61.2 Å². The van der Waals surface area contributed by atoms with Gasteiger partial charge in [0.2, 0.25) is 0 Å². The summed E-state index contributed by atoms with van der Waals surface area (Å²) in [6.07, 6.45) is 4.13. The first kappa shape index (κ1) is 20.6. The predicted molar refractivity (Wildman–Crippen MR) is 115 cm³/mol. The van der Waals surface area contributed by atoms with E-state index in [-0.39, 0.29) is 24.8 Å². The molecule has 0 fully saturated rings. The molecule has 4 rings (SSSR count). The van der Waals surface area contributed by atoms with E-state index in [1.54, 1.807) is 12.7 Å². The Labute approximate surface area is 169 Å². The lowest BCUT2D eigenvalue weighted by Gasteiger charge is -2.10. The lowest BCUT2D eigenvalue weighted by atomic mass is 10.2. The molecule has 0 saturated heterocycles. The molecule has 6 nitrogen and oxygen atoms in total. The highest BCUT2D eigenvalue weighted by atomic mass is 35.5. The second-order valence-corrected chi connectivity index (χ2v) is 5.69. The van der Waals surface area contributed by atoms with Crippen molar-refractivity contribution in [3.63, 3.8) is 0 Å². The lowest BCUT2D eigenvalue weighted by molar-refractivity contribution is 0.899. The molecule has 0 atom stereocenters. The number of hydrogen-bond acceptors (Lipinski definition) is 6. The normalized spacial score (nSPS) is 10.1. The van der Waals surface area contributed by atoms with Crippen molar-refractivity contribution in [2.24, 2.45) is 0 Å². The molecule has 2 aromatic heterocycles. The van der Waals surface area contributed by atoms with Gasteiger partial charge in [0.15, 0.2) is 0 Å². The number of rotatable bonds is 6. The maximum atomic E-state index is 4.34. The van der Waals surface area contributed by atoms with E-state index >= 15 is 0 Å². The number of nitrogens with one attached hydrogen (secondary N) is 2. The second kappa shape index (κ2) is 9.85. The third-order valence-corrected chi connectivity index (χ3v) is 4.02. The number of para-hydroxylation sites is 2. The smallest absolute Gasteiger partial charge is 0.137 e. The second-order valence-electron chi connectivity index (χ2n) is 5.69. The van der Waals surface area contributed by atoms with Crippen molar-refractivity contribution in [1.29, 1.82) is 0 Å². The summed E-state index contributed by atoms with van der Waals surface area (Å²) in [7, 11) is 0. The average Bonchev–Trinajstić information content (AvgIpc) is 2.68. The first-order valence-corrected chi connectivity index (χ1v) is 8.29. The molecule has 0 radical (unpaired) electrons. The van der Waals surface area contributed by atoms with Crippen LogP contribution < -0.4 is 10.6 Å². The standard InChI is InChI=1S/C19H18N6.2ClH/c1-3-8-16-14(6-1)18(24-12-22-16)20-10-5-11-21-19-15-7-2-4-9-17(15)23-13-25-19;;/h1-4,6-9,12-13H,5,10-11H2,(H,20,22,24)(H,21,23,25);2*1H. The Kier molecular flexibility index (Phi) is 7.52. The first-order valence-electron chi connectivity index (χ1n) is 8.29. The van der Waals surface area contributed by atoms with Gasteiger partial charge in [-0.2, -0.15) is 0 Å². The van der Waals surface area contributed by atoms with E-state index < -0.39 is 0 Å². The minimum Gasteiger partial charge on any atom is -0.369 e. The summed E-state index contributed by atoms with van der Waals surface area (Å²) in [6.45, 7) is 1.63. The highest BCUT2D eigenvalue weighted by Gasteiger charge is 2.03. The maximum absolute atomic E-state index is 4.34. The molecule has 2 N–H and O–H groups in total. The Morgan fingerprint density at radius 1 is 0.593 bits per heavy atom. The van der Waals surface area contributed by atoms with Crippen molar-refractivity contribution in [2.75, 3.05) is 23.7 Å². The van der Waals surface area contributed by atoms with Gasteiger partial charge in [-0.05, 0) is 30.7 Å². The molecule has 0 aliphatic rings. The molecular weight excluding hydrogens is 383 g/mol. The number of fused-ring (bicyclic) bond motifs is 2. The van der Waals surface area contributed by atoms with Crippen molar-refractivity contribution in [2.45, 2.75) is 6.42 Å². The largest absolute Gasteiger partial charge is 0.369 e. The highest BCUT2D eigenvalue weighted by Crippen LogP contribution is 2.19. The third kappa shape index (κ3) is 4.72. The fourth-order valence-electron chi connectivity index (χ4n) is 2.79. The molecular formula is C19H20Cl2N6. The molecule has 4 aromatic rings. The summed E-state index contributed by atoms with van der Waals surface area (Å²) in [5, 5.41) is 8.86. The average molecular weight is 403 g/mol. The van der Waals surface area contributed by atoms with Crippen molar-refractivity contribution in [3.8, 4) is 0 Å². The predicted octanol–water partition coefficient (Wildman–Crippen LogP) is 4.33. The number of hydrogen-bond donors (Lipinski definition) is 2. The van der Waals surface area contributed by atoms with Gasteiger partial charge in [-0.1, -0.05) is 24.3 Å². The maximum Gasteiger partial charge on any atom is 0.137 e. The number of anilines is 2. The fraction of sp³-hybridized carbons (Fsp3) is 0.158. The zero-order valence-electron chi connectivity index (χ0n) is 14.5. The summed E-state index contributed by atoms with van der Waals surface area (Å²) in [4.78, 5) is 17.2. The summed E-state index contributed by atoms with van der Waals surface area (Å²) in [5.74, 6) is 1.75. The Bertz CT molecular complexity index is 919. The van der Waals surface area contributed by atoms with Gasteiger partial charge in [-0.3, -0.25) is 0 Å². The van der Waals surface area contributed by atoms with E-state index in [0.29, 0.717) is 0 Å². The van der Waals surface area contributed by atoms with Crippen LogP contribution in [-0.4, -0.2) is 33.0 Å². The summed E-state index contributed by atoms with van der Waals surface area (Å²) < 4.78 is 0. The van der Waals surface area contributed by atoms with Crippen LogP contribution in [0.5, 0.6) is 0 Å². The number of nitrogens with zero attached hydrogens (tertiary/aromatic N) is 4. The van der Waals surface area contributed by atoms with Gasteiger partial charge < -0.3 is 10.6 Å². The Morgan fingerprint density at radius 2 is 1.04 bits per heavy atom. The molecule has 140 valence electrons. The SMILES string of the molecule is Cl.Cl.c1ccc2c(NCCCNc3ncnc4ccccc34)ncnc2c1. The van der Waals surface area contributed by atoms with Crippen LogP contribution in [-0.2, 0) is 0 Å². The van der Waals surface area contributed by atoms with Crippen LogP contribution in [0.1, 0.15) is 6.42 Å². The van der Waals surface area contributed by atoms with E-state index in [2.05, 4.69) is 30.6 Å². The zero-order chi connectivity index (χ0) is 16.9. The van der Waals surface area contributed by atoms with Gasteiger partial charge in [0.25, 0.3) is 0 Å². The summed E-state index contributed by atoms with van der Waals surface area (Å²) in [6, 6.07) is 16.0. The minimum absolute atomic E-state index is 0. The number of aromatic nitrogens is 4. The molecule has 0 aliphatic carbocycles. The van der Waals surface area contributed by atoms with Crippen molar-refractivity contribution < 1.29 is 0 Å². The number of benzene rings is 2. The first-order chi connectivity index (χ1) is 12.4. The molecule has 2 aromatic carbocycles. The quantitative estimate of drug-likeness (QED) is 0.467. The fourth-order valence-corrected chi connectivity index (χ4v) is 2.79. The lowest BCUT2D eigenvalue weighted by Crippen LogP contribution is -2.11. The summed E-state index contributed by atoms with van der Waals surface area (Å²) in [5.41, 5.74) is 1.90. The van der Waals surface area contributed by atoms with Crippen LogP contribution in [0.2, 0.25) is 0 Å². The van der Waals surface area contributed by atoms with Crippen LogP contribution >= 0.6 is 24.8 Å². The van der Waals surface area contributed by atoms with E-state index in [9.17, 15) is 0 Å². The Hall–Kier alpha value is -2.70. The van der Waals surface area contributed by atoms with Crippen LogP contribution in [0.15, 0.2) is 61.2 Å². The van der Waals surface area contributed by atoms with E-state index in [1.807, 2.05) is 48.5 Å². The van der Waals surface area contributed by atoms with E-state index in [1.165, 1.54) is 0 Å². The molecule has 2 heterocycles. The molecule has 0 bridgehead atoms. The van der Waals surface area contributed by atoms with Crippen LogP contribution in [0, 0.1) is 0 Å². The van der Waals surface area contributed by atoms with Gasteiger partial charge in [0.05, 0.1) is 11.0 Å². The number of halogens is 2. The van der Waals surface area contributed by atoms with Gasteiger partial charge in [-0.15, -0.1) is 24.8 Å². The molecule has 27 heavy (non-hydrogen) atoms. The monoisotopic (exact) mass is 402 g/mol. The minimum atomic E-state index is 0. The van der Waals surface area contributed by atoms with Gasteiger partial charge in [0, 0.05) is 23.9 Å². The Morgan fingerprint density at radius 3 is 1.52 bits per heavy atom.